The number of benzene rings is 2. The highest BCUT2D eigenvalue weighted by Crippen LogP contribution is 2.31. The standard InChI is InChI=1S/C16H16Cl3N/c1-2-3-15(11-4-6-12(17)7-5-11)20-16-9-8-13(18)10-14(16)19/h4-10,15,20H,2-3H2,1H3. The molecule has 2 aromatic carbocycles. The van der Waals surface area contributed by atoms with Crippen molar-refractivity contribution in [1.29, 1.82) is 0 Å². The molecule has 2 aromatic rings. The molecule has 1 N–H and O–H groups in total. The van der Waals surface area contributed by atoms with Crippen LogP contribution in [0.5, 0.6) is 0 Å². The predicted octanol–water partition coefficient (Wildman–Crippen LogP) is 6.60. The maximum absolute atomic E-state index is 6.22. The van der Waals surface area contributed by atoms with Gasteiger partial charge in [0, 0.05) is 10.0 Å². The van der Waals surface area contributed by atoms with E-state index in [4.69, 9.17) is 34.8 Å². The lowest BCUT2D eigenvalue weighted by molar-refractivity contribution is 0.678. The summed E-state index contributed by atoms with van der Waals surface area (Å²) in [6.45, 7) is 2.16. The van der Waals surface area contributed by atoms with E-state index in [0.717, 1.165) is 23.6 Å². The first-order chi connectivity index (χ1) is 9.60. The van der Waals surface area contributed by atoms with Crippen LogP contribution in [0.25, 0.3) is 0 Å². The molecule has 0 saturated heterocycles. The number of hydrogen-bond donors (Lipinski definition) is 1. The van der Waals surface area contributed by atoms with Crippen LogP contribution in [0.1, 0.15) is 31.4 Å². The Kier molecular flexibility index (Phi) is 5.59. The van der Waals surface area contributed by atoms with Crippen LogP contribution in [-0.2, 0) is 0 Å². The monoisotopic (exact) mass is 327 g/mol. The summed E-state index contributed by atoms with van der Waals surface area (Å²) in [6.07, 6.45) is 2.09. The van der Waals surface area contributed by atoms with Crippen molar-refractivity contribution in [3.63, 3.8) is 0 Å². The highest BCUT2D eigenvalue weighted by molar-refractivity contribution is 6.36. The molecule has 0 aromatic heterocycles. The molecule has 0 fully saturated rings. The molecule has 0 aliphatic heterocycles. The summed E-state index contributed by atoms with van der Waals surface area (Å²) in [5.41, 5.74) is 2.09. The molecule has 1 nitrogen and oxygen atoms in total. The topological polar surface area (TPSA) is 12.0 Å². The van der Waals surface area contributed by atoms with Crippen LogP contribution in [0.15, 0.2) is 42.5 Å². The van der Waals surface area contributed by atoms with Crippen LogP contribution < -0.4 is 5.32 Å². The first-order valence-corrected chi connectivity index (χ1v) is 7.70. The van der Waals surface area contributed by atoms with E-state index in [9.17, 15) is 0 Å². The van der Waals surface area contributed by atoms with Crippen LogP contribution >= 0.6 is 34.8 Å². The van der Waals surface area contributed by atoms with E-state index in [0.29, 0.717) is 10.0 Å². The van der Waals surface area contributed by atoms with Gasteiger partial charge in [0.15, 0.2) is 0 Å². The Labute approximate surface area is 134 Å². The number of hydrogen-bond acceptors (Lipinski definition) is 1. The lowest BCUT2D eigenvalue weighted by atomic mass is 10.0. The van der Waals surface area contributed by atoms with Crippen LogP contribution in [0, 0.1) is 0 Å². The van der Waals surface area contributed by atoms with Crippen LogP contribution in [0.4, 0.5) is 5.69 Å². The van der Waals surface area contributed by atoms with Gasteiger partial charge in [-0.1, -0.05) is 60.3 Å². The van der Waals surface area contributed by atoms with Crippen molar-refractivity contribution in [3.05, 3.63) is 63.1 Å². The smallest absolute Gasteiger partial charge is 0.0652 e. The number of nitrogens with one attached hydrogen (secondary N) is 1. The minimum atomic E-state index is 0.205. The summed E-state index contributed by atoms with van der Waals surface area (Å²) in [7, 11) is 0. The van der Waals surface area contributed by atoms with Gasteiger partial charge in [0.2, 0.25) is 0 Å². The summed E-state index contributed by atoms with van der Waals surface area (Å²) >= 11 is 18.1. The number of anilines is 1. The van der Waals surface area contributed by atoms with Gasteiger partial charge in [-0.05, 0) is 42.3 Å². The Bertz CT molecular complexity index is 566. The summed E-state index contributed by atoms with van der Waals surface area (Å²) in [5, 5.41) is 5.49. The molecular weight excluding hydrogens is 313 g/mol. The number of halogens is 3. The van der Waals surface area contributed by atoms with E-state index in [-0.39, 0.29) is 6.04 Å². The molecule has 0 radical (unpaired) electrons. The third-order valence-electron chi connectivity index (χ3n) is 3.11. The van der Waals surface area contributed by atoms with Gasteiger partial charge in [-0.25, -0.2) is 0 Å². The van der Waals surface area contributed by atoms with Gasteiger partial charge in [-0.15, -0.1) is 0 Å². The van der Waals surface area contributed by atoms with E-state index in [2.05, 4.69) is 12.2 Å². The quantitative estimate of drug-likeness (QED) is 0.652. The predicted molar refractivity (Wildman–Crippen MR) is 89.2 cm³/mol. The highest BCUT2D eigenvalue weighted by atomic mass is 35.5. The molecule has 0 aliphatic carbocycles. The van der Waals surface area contributed by atoms with Crippen molar-refractivity contribution in [3.8, 4) is 0 Å². The molecule has 0 heterocycles. The zero-order valence-corrected chi connectivity index (χ0v) is 13.4. The molecule has 0 amide bonds. The Morgan fingerprint density at radius 2 is 1.60 bits per heavy atom. The van der Waals surface area contributed by atoms with E-state index in [1.807, 2.05) is 36.4 Å². The van der Waals surface area contributed by atoms with Gasteiger partial charge < -0.3 is 5.32 Å². The van der Waals surface area contributed by atoms with Crippen molar-refractivity contribution in [2.75, 3.05) is 5.32 Å². The Hall–Kier alpha value is -0.890. The van der Waals surface area contributed by atoms with Gasteiger partial charge in [0.05, 0.1) is 16.8 Å². The first-order valence-electron chi connectivity index (χ1n) is 6.57. The van der Waals surface area contributed by atoms with E-state index < -0.39 is 0 Å². The van der Waals surface area contributed by atoms with Gasteiger partial charge in [0.25, 0.3) is 0 Å². The second-order valence-corrected chi connectivity index (χ2v) is 5.94. The fraction of sp³-hybridized carbons (Fsp3) is 0.250. The van der Waals surface area contributed by atoms with Crippen LogP contribution in [0.2, 0.25) is 15.1 Å². The summed E-state index contributed by atoms with van der Waals surface area (Å²) in [6, 6.07) is 13.6. The Balaban J connectivity index is 2.22. The van der Waals surface area contributed by atoms with Gasteiger partial charge in [-0.2, -0.15) is 0 Å². The van der Waals surface area contributed by atoms with Crippen molar-refractivity contribution in [2.45, 2.75) is 25.8 Å². The van der Waals surface area contributed by atoms with E-state index in [1.54, 1.807) is 6.07 Å². The maximum Gasteiger partial charge on any atom is 0.0652 e. The summed E-state index contributed by atoms with van der Waals surface area (Å²) in [5.74, 6) is 0. The molecule has 0 spiro atoms. The van der Waals surface area contributed by atoms with E-state index >= 15 is 0 Å². The summed E-state index contributed by atoms with van der Waals surface area (Å²) in [4.78, 5) is 0. The fourth-order valence-electron chi connectivity index (χ4n) is 2.10. The van der Waals surface area contributed by atoms with Crippen LogP contribution in [0.3, 0.4) is 0 Å². The molecule has 20 heavy (non-hydrogen) atoms. The molecule has 2 rings (SSSR count). The lowest BCUT2D eigenvalue weighted by Gasteiger charge is -2.21. The zero-order valence-electron chi connectivity index (χ0n) is 11.2. The lowest BCUT2D eigenvalue weighted by Crippen LogP contribution is -2.10. The fourth-order valence-corrected chi connectivity index (χ4v) is 2.69. The minimum Gasteiger partial charge on any atom is -0.377 e. The third kappa shape index (κ3) is 4.05. The normalized spacial score (nSPS) is 12.2. The molecule has 0 saturated carbocycles. The first kappa shape index (κ1) is 15.5. The molecule has 0 bridgehead atoms. The van der Waals surface area contributed by atoms with Crippen LogP contribution in [-0.4, -0.2) is 0 Å². The molecule has 0 aliphatic rings. The largest absolute Gasteiger partial charge is 0.377 e. The van der Waals surface area contributed by atoms with Crippen molar-refractivity contribution < 1.29 is 0 Å². The summed E-state index contributed by atoms with van der Waals surface area (Å²) < 4.78 is 0. The van der Waals surface area contributed by atoms with E-state index in [1.165, 1.54) is 5.56 Å². The average molecular weight is 329 g/mol. The third-order valence-corrected chi connectivity index (χ3v) is 3.91. The Morgan fingerprint density at radius 1 is 0.950 bits per heavy atom. The average Bonchev–Trinajstić information content (AvgIpc) is 2.42. The molecular formula is C16H16Cl3N. The van der Waals surface area contributed by atoms with Crippen molar-refractivity contribution in [1.82, 2.24) is 0 Å². The number of rotatable bonds is 5. The molecule has 1 atom stereocenters. The molecule has 4 heteroatoms. The van der Waals surface area contributed by atoms with Crippen molar-refractivity contribution in [2.24, 2.45) is 0 Å². The molecule has 106 valence electrons. The second kappa shape index (κ2) is 7.21. The molecule has 1 unspecified atom stereocenters. The van der Waals surface area contributed by atoms with Gasteiger partial charge in [-0.3, -0.25) is 0 Å². The minimum absolute atomic E-state index is 0.205. The van der Waals surface area contributed by atoms with Gasteiger partial charge in [0.1, 0.15) is 0 Å². The second-order valence-electron chi connectivity index (χ2n) is 4.66. The SMILES string of the molecule is CCCC(Nc1ccc(Cl)cc1Cl)c1ccc(Cl)cc1. The van der Waals surface area contributed by atoms with Crippen molar-refractivity contribution >= 4 is 40.5 Å². The maximum atomic E-state index is 6.22. The zero-order chi connectivity index (χ0) is 14.5. The Morgan fingerprint density at radius 3 is 2.20 bits per heavy atom. The highest BCUT2D eigenvalue weighted by Gasteiger charge is 2.12. The van der Waals surface area contributed by atoms with Gasteiger partial charge >= 0.3 is 0 Å².